The van der Waals surface area contributed by atoms with Crippen LogP contribution in [0.5, 0.6) is 0 Å². The van der Waals surface area contributed by atoms with Crippen LogP contribution < -0.4 is 5.32 Å². The molecule has 2 aliphatic carbocycles. The molecule has 2 aromatic carbocycles. The van der Waals surface area contributed by atoms with E-state index in [9.17, 15) is 9.59 Å². The first-order chi connectivity index (χ1) is 16.5. The maximum absolute atomic E-state index is 13.2. The number of carbonyl (C=O) groups is 2. The van der Waals surface area contributed by atoms with Gasteiger partial charge in [-0.3, -0.25) is 19.5 Å². The van der Waals surface area contributed by atoms with Crippen molar-refractivity contribution in [2.45, 2.75) is 31.2 Å². The summed E-state index contributed by atoms with van der Waals surface area (Å²) in [5, 5.41) is 10.7. The average molecular weight is 456 g/mol. The van der Waals surface area contributed by atoms with E-state index < -0.39 is 5.54 Å². The van der Waals surface area contributed by atoms with Gasteiger partial charge in [0.25, 0.3) is 5.91 Å². The van der Waals surface area contributed by atoms with Crippen LogP contribution in [0.4, 0.5) is 5.69 Å². The first-order valence-electron chi connectivity index (χ1n) is 12.1. The number of nitrogens with zero attached hydrogens (tertiary/aromatic N) is 3. The summed E-state index contributed by atoms with van der Waals surface area (Å²) < 4.78 is 0. The number of carbonyl (C=O) groups excluding carboxylic acids is 2. The van der Waals surface area contributed by atoms with Gasteiger partial charge < -0.3 is 15.6 Å². The van der Waals surface area contributed by atoms with Crippen LogP contribution in [-0.2, 0) is 9.59 Å². The first-order valence-corrected chi connectivity index (χ1v) is 12.1. The predicted octanol–water partition coefficient (Wildman–Crippen LogP) is 3.38. The van der Waals surface area contributed by atoms with Crippen LogP contribution in [0.15, 0.2) is 47.5 Å². The molecule has 0 atom stereocenters. The second kappa shape index (κ2) is 7.79. The smallest absolute Gasteiger partial charge is 0.256 e. The quantitative estimate of drug-likeness (QED) is 0.628. The second-order valence-corrected chi connectivity index (χ2v) is 10.0. The summed E-state index contributed by atoms with van der Waals surface area (Å²) >= 11 is 0. The number of hydrogen-bond acceptors (Lipinski definition) is 5. The fourth-order valence-electron chi connectivity index (χ4n) is 5.09. The number of anilines is 1. The monoisotopic (exact) mass is 455 g/mol. The molecule has 2 aliphatic heterocycles. The summed E-state index contributed by atoms with van der Waals surface area (Å²) in [5.41, 5.74) is 4.32. The lowest BCUT2D eigenvalue weighted by Crippen LogP contribution is -2.55. The number of nitrogens with one attached hydrogen (secondary N) is 2. The minimum absolute atomic E-state index is 0.124. The highest BCUT2D eigenvalue weighted by atomic mass is 16.2. The van der Waals surface area contributed by atoms with E-state index in [0.29, 0.717) is 18.4 Å². The van der Waals surface area contributed by atoms with Crippen molar-refractivity contribution in [3.8, 4) is 11.1 Å². The molecule has 4 aliphatic rings. The van der Waals surface area contributed by atoms with Crippen LogP contribution in [0.3, 0.4) is 0 Å². The van der Waals surface area contributed by atoms with Crippen molar-refractivity contribution in [2.24, 2.45) is 16.8 Å². The van der Waals surface area contributed by atoms with Crippen LogP contribution in [-0.4, -0.2) is 65.9 Å². The minimum atomic E-state index is -0.536. The number of aliphatic imine (C=N–C) groups is 1. The molecule has 3 fully saturated rings. The molecule has 0 radical (unpaired) electrons. The second-order valence-electron chi connectivity index (χ2n) is 10.0. The van der Waals surface area contributed by atoms with Crippen molar-refractivity contribution in [2.75, 3.05) is 32.0 Å². The molecule has 2 saturated carbocycles. The van der Waals surface area contributed by atoms with Crippen molar-refractivity contribution < 1.29 is 9.59 Å². The maximum Gasteiger partial charge on any atom is 0.256 e. The molecule has 7 nitrogen and oxygen atoms in total. The molecule has 0 aromatic heterocycles. The van der Waals surface area contributed by atoms with E-state index in [4.69, 9.17) is 10.4 Å². The molecule has 6 rings (SSSR count). The van der Waals surface area contributed by atoms with Crippen molar-refractivity contribution in [1.82, 2.24) is 9.80 Å². The van der Waals surface area contributed by atoms with E-state index in [1.807, 2.05) is 47.2 Å². The Hall–Kier alpha value is -3.48. The summed E-state index contributed by atoms with van der Waals surface area (Å²) in [4.78, 5) is 34.2. The molecular formula is C27H29N5O2. The van der Waals surface area contributed by atoms with Gasteiger partial charge in [-0.05, 0) is 42.9 Å². The Balaban J connectivity index is 1.20. The number of benzene rings is 2. The first kappa shape index (κ1) is 21.1. The lowest BCUT2D eigenvalue weighted by molar-refractivity contribution is -0.139. The third kappa shape index (κ3) is 3.50. The normalized spacial score (nSPS) is 20.9. The fourth-order valence-corrected chi connectivity index (χ4v) is 5.09. The lowest BCUT2D eigenvalue weighted by Gasteiger charge is -2.41. The number of amidine groups is 1. The van der Waals surface area contributed by atoms with E-state index >= 15 is 0 Å². The third-order valence-electron chi connectivity index (χ3n) is 7.53. The van der Waals surface area contributed by atoms with Crippen molar-refractivity contribution in [1.29, 1.82) is 5.41 Å². The molecule has 2 N–H and O–H groups in total. The Bertz CT molecular complexity index is 1200. The maximum atomic E-state index is 13.2. The molecule has 1 spiro atoms. The Labute approximate surface area is 199 Å². The van der Waals surface area contributed by atoms with Gasteiger partial charge in [0.1, 0.15) is 11.4 Å². The van der Waals surface area contributed by atoms with Gasteiger partial charge in [0.2, 0.25) is 5.91 Å². The largest absolute Gasteiger partial charge is 0.388 e. The van der Waals surface area contributed by atoms with Crippen LogP contribution in [0.2, 0.25) is 0 Å². The molecule has 34 heavy (non-hydrogen) atoms. The van der Waals surface area contributed by atoms with E-state index in [0.717, 1.165) is 72.5 Å². The standard InChI is InChI=1S/C27H29N5O2/c1-29-23-12-21(8-9-22(23)13-28)18-2-4-19(5-3-18)24-30-27(10-11-27)26(34)32(24)16-17-14-31(15-17)25(33)20-6-7-20/h2-5,8-9,12-13,17,20,28-29H,6-7,10-11,14-16H2,1H3. The number of rotatable bonds is 7. The summed E-state index contributed by atoms with van der Waals surface area (Å²) in [6, 6.07) is 14.2. The van der Waals surface area contributed by atoms with Gasteiger partial charge in [0, 0.05) is 61.5 Å². The van der Waals surface area contributed by atoms with Crippen LogP contribution >= 0.6 is 0 Å². The minimum Gasteiger partial charge on any atom is -0.388 e. The van der Waals surface area contributed by atoms with E-state index in [2.05, 4.69) is 17.4 Å². The molecule has 2 heterocycles. The Morgan fingerprint density at radius 3 is 2.41 bits per heavy atom. The molecular weight excluding hydrogens is 426 g/mol. The average Bonchev–Trinajstić information content (AvgIpc) is 3.76. The van der Waals surface area contributed by atoms with Crippen molar-refractivity contribution in [3.05, 3.63) is 53.6 Å². The van der Waals surface area contributed by atoms with Crippen molar-refractivity contribution >= 4 is 29.6 Å². The van der Waals surface area contributed by atoms with Crippen LogP contribution in [0.25, 0.3) is 11.1 Å². The van der Waals surface area contributed by atoms with Gasteiger partial charge in [-0.15, -0.1) is 0 Å². The van der Waals surface area contributed by atoms with E-state index in [1.165, 1.54) is 6.21 Å². The van der Waals surface area contributed by atoms with Gasteiger partial charge in [0.05, 0.1) is 0 Å². The summed E-state index contributed by atoms with van der Waals surface area (Å²) in [6.45, 7) is 2.13. The van der Waals surface area contributed by atoms with E-state index in [-0.39, 0.29) is 11.8 Å². The molecule has 2 aromatic rings. The van der Waals surface area contributed by atoms with Crippen LogP contribution in [0.1, 0.15) is 36.8 Å². The molecule has 0 bridgehead atoms. The zero-order valence-electron chi connectivity index (χ0n) is 19.4. The van der Waals surface area contributed by atoms with Gasteiger partial charge in [-0.25, -0.2) is 0 Å². The molecule has 7 heteroatoms. The predicted molar refractivity (Wildman–Crippen MR) is 132 cm³/mol. The summed E-state index contributed by atoms with van der Waals surface area (Å²) in [6.07, 6.45) is 5.06. The summed E-state index contributed by atoms with van der Waals surface area (Å²) in [5.74, 6) is 1.76. The van der Waals surface area contributed by atoms with Gasteiger partial charge >= 0.3 is 0 Å². The Morgan fingerprint density at radius 2 is 1.79 bits per heavy atom. The lowest BCUT2D eigenvalue weighted by atomic mass is 9.97. The zero-order chi connectivity index (χ0) is 23.4. The molecule has 174 valence electrons. The number of likely N-dealkylation sites (tertiary alicyclic amines) is 1. The van der Waals surface area contributed by atoms with Crippen molar-refractivity contribution in [3.63, 3.8) is 0 Å². The highest BCUT2D eigenvalue weighted by Crippen LogP contribution is 2.46. The highest BCUT2D eigenvalue weighted by Gasteiger charge is 2.57. The van der Waals surface area contributed by atoms with Crippen LogP contribution in [0, 0.1) is 17.2 Å². The SMILES string of the molecule is CNc1cc(-c2ccc(C3=NC4(CC4)C(=O)N3CC3CN(C(=O)C4CC4)C3)cc2)ccc1C=N. The topological polar surface area (TPSA) is 88.9 Å². The Kier molecular flexibility index (Phi) is 4.83. The zero-order valence-corrected chi connectivity index (χ0v) is 19.4. The van der Waals surface area contributed by atoms with E-state index in [1.54, 1.807) is 0 Å². The molecule has 0 unspecified atom stereocenters. The molecule has 2 amide bonds. The Morgan fingerprint density at radius 1 is 1.12 bits per heavy atom. The number of amides is 2. The van der Waals surface area contributed by atoms with Gasteiger partial charge in [-0.2, -0.15) is 0 Å². The fraction of sp³-hybridized carbons (Fsp3) is 0.407. The third-order valence-corrected chi connectivity index (χ3v) is 7.53. The number of hydrogen-bond donors (Lipinski definition) is 2. The van der Waals surface area contributed by atoms with Gasteiger partial charge in [-0.1, -0.05) is 36.4 Å². The van der Waals surface area contributed by atoms with Gasteiger partial charge in [0.15, 0.2) is 0 Å². The summed E-state index contributed by atoms with van der Waals surface area (Å²) in [7, 11) is 1.86. The highest BCUT2D eigenvalue weighted by molar-refractivity contribution is 6.16. The molecule has 1 saturated heterocycles.